The molecule has 33 heavy (non-hydrogen) atoms. The van der Waals surface area contributed by atoms with Crippen LogP contribution in [0, 0.1) is 0 Å². The van der Waals surface area contributed by atoms with Crippen molar-refractivity contribution in [2.45, 2.75) is 18.1 Å². The molecular formula is C22H22N8O2S. The van der Waals surface area contributed by atoms with Crippen molar-refractivity contribution in [3.05, 3.63) is 78.6 Å². The summed E-state index contributed by atoms with van der Waals surface area (Å²) in [5.41, 5.74) is 2.98. The monoisotopic (exact) mass is 462 g/mol. The second-order valence-electron chi connectivity index (χ2n) is 7.27. The summed E-state index contributed by atoms with van der Waals surface area (Å²) in [7, 11) is 1.82. The molecule has 0 radical (unpaired) electrons. The van der Waals surface area contributed by atoms with Gasteiger partial charge in [0.2, 0.25) is 5.91 Å². The number of nitrogens with zero attached hydrogens (tertiary/aromatic N) is 6. The fourth-order valence-electron chi connectivity index (χ4n) is 3.06. The molecule has 168 valence electrons. The van der Waals surface area contributed by atoms with Crippen LogP contribution >= 0.6 is 11.8 Å². The van der Waals surface area contributed by atoms with Crippen LogP contribution in [0.5, 0.6) is 0 Å². The molecule has 0 saturated heterocycles. The molecule has 1 atom stereocenters. The van der Waals surface area contributed by atoms with Crippen LogP contribution in [0.4, 0.5) is 5.69 Å². The molecule has 11 heteroatoms. The molecule has 2 aromatic carbocycles. The summed E-state index contributed by atoms with van der Waals surface area (Å²) < 4.78 is 3.42. The Kier molecular flexibility index (Phi) is 6.79. The van der Waals surface area contributed by atoms with Gasteiger partial charge in [-0.2, -0.15) is 5.10 Å². The number of anilines is 1. The number of rotatable bonds is 8. The van der Waals surface area contributed by atoms with Crippen LogP contribution in [0.2, 0.25) is 0 Å². The number of aromatic nitrogens is 6. The van der Waals surface area contributed by atoms with E-state index < -0.39 is 0 Å². The second-order valence-corrected chi connectivity index (χ2v) is 8.21. The minimum absolute atomic E-state index is 0.164. The molecule has 0 aliphatic carbocycles. The van der Waals surface area contributed by atoms with Crippen molar-refractivity contribution < 1.29 is 9.59 Å². The number of nitrogens with one attached hydrogen (secondary N) is 2. The van der Waals surface area contributed by atoms with Crippen LogP contribution in [-0.4, -0.2) is 47.1 Å². The van der Waals surface area contributed by atoms with E-state index in [4.69, 9.17) is 0 Å². The maximum atomic E-state index is 12.6. The predicted molar refractivity (Wildman–Crippen MR) is 124 cm³/mol. The highest BCUT2D eigenvalue weighted by molar-refractivity contribution is 7.99. The van der Waals surface area contributed by atoms with Gasteiger partial charge in [-0.15, -0.1) is 10.2 Å². The molecule has 0 saturated carbocycles. The van der Waals surface area contributed by atoms with E-state index in [1.807, 2.05) is 38.2 Å². The fourth-order valence-corrected chi connectivity index (χ4v) is 3.74. The largest absolute Gasteiger partial charge is 0.346 e. The SMILES string of the molecule is CC(NC(=O)c1ccc(NC(=O)CSc2nncn2C)cc1)c1ccc(-n2cncn2)cc1. The molecule has 0 bridgehead atoms. The minimum Gasteiger partial charge on any atom is -0.346 e. The van der Waals surface area contributed by atoms with Gasteiger partial charge in [0.1, 0.15) is 19.0 Å². The van der Waals surface area contributed by atoms with E-state index >= 15 is 0 Å². The number of benzene rings is 2. The van der Waals surface area contributed by atoms with Crippen LogP contribution < -0.4 is 10.6 Å². The van der Waals surface area contributed by atoms with E-state index in [-0.39, 0.29) is 23.6 Å². The van der Waals surface area contributed by atoms with Gasteiger partial charge < -0.3 is 15.2 Å². The summed E-state index contributed by atoms with van der Waals surface area (Å²) in [5, 5.41) is 18.3. The van der Waals surface area contributed by atoms with Crippen molar-refractivity contribution in [3.63, 3.8) is 0 Å². The molecule has 2 amide bonds. The van der Waals surface area contributed by atoms with Crippen molar-refractivity contribution in [1.82, 2.24) is 34.8 Å². The van der Waals surface area contributed by atoms with E-state index in [9.17, 15) is 9.59 Å². The van der Waals surface area contributed by atoms with E-state index in [1.54, 1.807) is 46.2 Å². The summed E-state index contributed by atoms with van der Waals surface area (Å²) >= 11 is 1.30. The third kappa shape index (κ3) is 5.63. The van der Waals surface area contributed by atoms with Crippen LogP contribution in [0.1, 0.15) is 28.9 Å². The number of hydrogen-bond acceptors (Lipinski definition) is 7. The molecule has 0 fully saturated rings. The summed E-state index contributed by atoms with van der Waals surface area (Å²) in [6, 6.07) is 14.3. The minimum atomic E-state index is -0.196. The lowest BCUT2D eigenvalue weighted by Gasteiger charge is -2.15. The molecule has 2 heterocycles. The Balaban J connectivity index is 1.29. The average Bonchev–Trinajstić information content (AvgIpc) is 3.50. The number of carbonyl (C=O) groups is 2. The molecule has 1 unspecified atom stereocenters. The molecule has 0 spiro atoms. The van der Waals surface area contributed by atoms with Crippen LogP contribution in [0.3, 0.4) is 0 Å². The fraction of sp³-hybridized carbons (Fsp3) is 0.182. The van der Waals surface area contributed by atoms with E-state index in [2.05, 4.69) is 30.9 Å². The second kappa shape index (κ2) is 10.1. The maximum Gasteiger partial charge on any atom is 0.251 e. The van der Waals surface area contributed by atoms with Gasteiger partial charge in [0.25, 0.3) is 5.91 Å². The van der Waals surface area contributed by atoms with Crippen LogP contribution in [0.25, 0.3) is 5.69 Å². The number of hydrogen-bond donors (Lipinski definition) is 2. The summed E-state index contributed by atoms with van der Waals surface area (Å²) in [5.74, 6) is -0.149. The zero-order valence-electron chi connectivity index (χ0n) is 18.0. The van der Waals surface area contributed by atoms with Crippen molar-refractivity contribution in [2.75, 3.05) is 11.1 Å². The number of aryl methyl sites for hydroxylation is 1. The average molecular weight is 463 g/mol. The van der Waals surface area contributed by atoms with E-state index in [0.717, 1.165) is 11.3 Å². The number of thioether (sulfide) groups is 1. The van der Waals surface area contributed by atoms with Gasteiger partial charge in [-0.1, -0.05) is 23.9 Å². The highest BCUT2D eigenvalue weighted by atomic mass is 32.2. The lowest BCUT2D eigenvalue weighted by Crippen LogP contribution is -2.26. The van der Waals surface area contributed by atoms with Crippen molar-refractivity contribution >= 4 is 29.3 Å². The smallest absolute Gasteiger partial charge is 0.251 e. The maximum absolute atomic E-state index is 12.6. The Bertz CT molecular complexity index is 1220. The molecule has 4 rings (SSSR count). The van der Waals surface area contributed by atoms with Gasteiger partial charge in [-0.25, -0.2) is 9.67 Å². The Labute approximate surface area is 194 Å². The lowest BCUT2D eigenvalue weighted by atomic mass is 10.1. The van der Waals surface area contributed by atoms with Crippen LogP contribution in [-0.2, 0) is 11.8 Å². The van der Waals surface area contributed by atoms with Gasteiger partial charge in [0, 0.05) is 18.3 Å². The molecular weight excluding hydrogens is 440 g/mol. The molecule has 10 nitrogen and oxygen atoms in total. The molecule has 4 aromatic rings. The Morgan fingerprint density at radius 2 is 1.82 bits per heavy atom. The Hall–Kier alpha value is -3.99. The topological polar surface area (TPSA) is 120 Å². The van der Waals surface area contributed by atoms with Gasteiger partial charge in [0.05, 0.1) is 17.5 Å². The molecule has 2 N–H and O–H groups in total. The lowest BCUT2D eigenvalue weighted by molar-refractivity contribution is -0.113. The highest BCUT2D eigenvalue weighted by Crippen LogP contribution is 2.18. The standard InChI is InChI=1S/C22H22N8O2S/c1-15(16-5-9-19(10-6-16)30-13-23-12-25-30)26-21(32)17-3-7-18(8-4-17)27-20(31)11-33-22-28-24-14-29(22)2/h3-10,12-15H,11H2,1-2H3,(H,26,32)(H,27,31). The number of amides is 2. The van der Waals surface area contributed by atoms with E-state index in [0.29, 0.717) is 16.4 Å². The molecule has 0 aliphatic rings. The Morgan fingerprint density at radius 3 is 2.45 bits per heavy atom. The first-order valence-electron chi connectivity index (χ1n) is 10.1. The normalized spacial score (nSPS) is 11.7. The van der Waals surface area contributed by atoms with E-state index in [1.165, 1.54) is 18.1 Å². The summed E-state index contributed by atoms with van der Waals surface area (Å²) in [6.45, 7) is 1.92. The van der Waals surface area contributed by atoms with Crippen molar-refractivity contribution in [1.29, 1.82) is 0 Å². The van der Waals surface area contributed by atoms with Crippen molar-refractivity contribution in [2.24, 2.45) is 7.05 Å². The van der Waals surface area contributed by atoms with Crippen molar-refractivity contribution in [3.8, 4) is 5.69 Å². The van der Waals surface area contributed by atoms with Gasteiger partial charge in [0.15, 0.2) is 5.16 Å². The quantitative estimate of drug-likeness (QED) is 0.386. The zero-order valence-corrected chi connectivity index (χ0v) is 18.9. The summed E-state index contributed by atoms with van der Waals surface area (Å²) in [6.07, 6.45) is 4.69. The predicted octanol–water partition coefficient (Wildman–Crippen LogP) is 2.62. The third-order valence-electron chi connectivity index (χ3n) is 4.86. The van der Waals surface area contributed by atoms with Crippen LogP contribution in [0.15, 0.2) is 72.7 Å². The van der Waals surface area contributed by atoms with Gasteiger partial charge in [-0.3, -0.25) is 9.59 Å². The van der Waals surface area contributed by atoms with Gasteiger partial charge in [-0.05, 0) is 48.9 Å². The number of carbonyl (C=O) groups excluding carboxylic acids is 2. The molecule has 2 aromatic heterocycles. The molecule has 0 aliphatic heterocycles. The first-order chi connectivity index (χ1) is 16.0. The first-order valence-corrected chi connectivity index (χ1v) is 11.1. The van der Waals surface area contributed by atoms with Gasteiger partial charge >= 0.3 is 0 Å². The first kappa shape index (κ1) is 22.2. The summed E-state index contributed by atoms with van der Waals surface area (Å²) in [4.78, 5) is 28.7. The third-order valence-corrected chi connectivity index (χ3v) is 5.89. The highest BCUT2D eigenvalue weighted by Gasteiger charge is 2.13. The zero-order chi connectivity index (χ0) is 23.2. The Morgan fingerprint density at radius 1 is 1.06 bits per heavy atom.